The van der Waals surface area contributed by atoms with E-state index in [2.05, 4.69) is 23.5 Å². The maximum absolute atomic E-state index is 12.9. The van der Waals surface area contributed by atoms with Crippen LogP contribution in [0.1, 0.15) is 29.2 Å². The van der Waals surface area contributed by atoms with E-state index in [1.807, 2.05) is 54.6 Å². The lowest BCUT2D eigenvalue weighted by Crippen LogP contribution is -2.19. The summed E-state index contributed by atoms with van der Waals surface area (Å²) in [4.78, 5) is 0. The van der Waals surface area contributed by atoms with Gasteiger partial charge in [0.05, 0.1) is 5.56 Å². The van der Waals surface area contributed by atoms with Crippen LogP contribution >= 0.6 is 0 Å². The van der Waals surface area contributed by atoms with Crippen LogP contribution in [0, 0.1) is 0 Å². The summed E-state index contributed by atoms with van der Waals surface area (Å²) < 4.78 is 44.8. The zero-order valence-corrected chi connectivity index (χ0v) is 17.5. The summed E-state index contributed by atoms with van der Waals surface area (Å²) in [5.74, 6) is 0.416. The van der Waals surface area contributed by atoms with Gasteiger partial charge in [0.2, 0.25) is 0 Å². The molecule has 0 aliphatic heterocycles. The highest BCUT2D eigenvalue weighted by atomic mass is 19.4. The highest BCUT2D eigenvalue weighted by Gasteiger charge is 2.30. The maximum atomic E-state index is 12.9. The van der Waals surface area contributed by atoms with E-state index in [0.717, 1.165) is 35.0 Å². The number of fused-ring (bicyclic) bond motifs is 1. The summed E-state index contributed by atoms with van der Waals surface area (Å²) in [6, 6.07) is 29.2. The van der Waals surface area contributed by atoms with Gasteiger partial charge in [-0.25, -0.2) is 0 Å². The van der Waals surface area contributed by atoms with Crippen molar-refractivity contribution in [3.63, 3.8) is 0 Å². The van der Waals surface area contributed by atoms with Gasteiger partial charge in [-0.3, -0.25) is 0 Å². The molecule has 2 nitrogen and oxygen atoms in total. The van der Waals surface area contributed by atoms with Crippen molar-refractivity contribution in [1.82, 2.24) is 5.32 Å². The molecule has 0 amide bonds. The molecule has 1 N–H and O–H groups in total. The fraction of sp³-hybridized carbons (Fsp3) is 0.185. The van der Waals surface area contributed by atoms with E-state index in [1.54, 1.807) is 0 Å². The molecule has 1 unspecified atom stereocenters. The molecule has 4 aromatic rings. The van der Waals surface area contributed by atoms with Crippen molar-refractivity contribution < 1.29 is 17.9 Å². The Morgan fingerprint density at radius 1 is 0.750 bits per heavy atom. The second-order valence-corrected chi connectivity index (χ2v) is 7.69. The predicted octanol–water partition coefficient (Wildman–Crippen LogP) is 7.16. The van der Waals surface area contributed by atoms with Gasteiger partial charge in [0, 0.05) is 13.0 Å². The summed E-state index contributed by atoms with van der Waals surface area (Å²) in [6.45, 7) is 1.44. The lowest BCUT2D eigenvalue weighted by molar-refractivity contribution is -0.137. The van der Waals surface area contributed by atoms with E-state index < -0.39 is 11.7 Å². The number of halogens is 3. The zero-order valence-electron chi connectivity index (χ0n) is 17.5. The molecule has 5 heteroatoms. The maximum Gasteiger partial charge on any atom is 0.416 e. The number of hydrogen-bond acceptors (Lipinski definition) is 2. The minimum atomic E-state index is -4.36. The van der Waals surface area contributed by atoms with Crippen molar-refractivity contribution in [3.8, 4) is 5.75 Å². The molecule has 0 fully saturated rings. The molecule has 4 rings (SSSR count). The van der Waals surface area contributed by atoms with Gasteiger partial charge in [0.1, 0.15) is 11.9 Å². The minimum Gasteiger partial charge on any atom is -0.486 e. The second-order valence-electron chi connectivity index (χ2n) is 7.69. The lowest BCUT2D eigenvalue weighted by atomic mass is 10.0. The zero-order chi connectivity index (χ0) is 22.4. The van der Waals surface area contributed by atoms with Gasteiger partial charge >= 0.3 is 6.18 Å². The van der Waals surface area contributed by atoms with Crippen LogP contribution < -0.4 is 10.1 Å². The molecule has 32 heavy (non-hydrogen) atoms. The van der Waals surface area contributed by atoms with Crippen molar-refractivity contribution in [2.45, 2.75) is 25.2 Å². The van der Waals surface area contributed by atoms with E-state index in [-0.39, 0.29) is 6.10 Å². The minimum absolute atomic E-state index is 0.292. The van der Waals surface area contributed by atoms with Crippen molar-refractivity contribution in [2.75, 3.05) is 6.54 Å². The van der Waals surface area contributed by atoms with Gasteiger partial charge in [-0.2, -0.15) is 13.2 Å². The molecule has 0 heterocycles. The summed E-state index contributed by atoms with van der Waals surface area (Å²) in [5.41, 5.74) is 1.50. The van der Waals surface area contributed by atoms with E-state index in [1.165, 1.54) is 17.7 Å². The number of alkyl halides is 3. The molecule has 0 spiro atoms. The molecule has 0 aliphatic carbocycles. The molecule has 0 bridgehead atoms. The Balaban J connectivity index is 1.50. The highest BCUT2D eigenvalue weighted by molar-refractivity contribution is 5.83. The Morgan fingerprint density at radius 3 is 2.16 bits per heavy atom. The SMILES string of the molecule is FC(F)(F)c1ccc(OC(CCNCc2ccccc2)c2ccc3ccccc3c2)cc1. The van der Waals surface area contributed by atoms with Gasteiger partial charge in [-0.15, -0.1) is 0 Å². The topological polar surface area (TPSA) is 21.3 Å². The molecule has 1 atom stereocenters. The van der Waals surface area contributed by atoms with Crippen LogP contribution in [0.3, 0.4) is 0 Å². The number of nitrogens with one attached hydrogen (secondary N) is 1. The van der Waals surface area contributed by atoms with Crippen LogP contribution in [0.4, 0.5) is 13.2 Å². The number of ether oxygens (including phenoxy) is 1. The Morgan fingerprint density at radius 2 is 1.44 bits per heavy atom. The van der Waals surface area contributed by atoms with Gasteiger partial charge in [-0.05, 0) is 58.8 Å². The quantitative estimate of drug-likeness (QED) is 0.297. The molecular weight excluding hydrogens is 411 g/mol. The first-order valence-electron chi connectivity index (χ1n) is 10.6. The first kappa shape index (κ1) is 21.9. The van der Waals surface area contributed by atoms with E-state index in [4.69, 9.17) is 4.74 Å². The molecule has 0 aliphatic rings. The van der Waals surface area contributed by atoms with Gasteiger partial charge in [0.15, 0.2) is 0 Å². The first-order valence-corrected chi connectivity index (χ1v) is 10.6. The normalized spacial score (nSPS) is 12.6. The van der Waals surface area contributed by atoms with Crippen molar-refractivity contribution >= 4 is 10.8 Å². The second kappa shape index (κ2) is 9.88. The van der Waals surface area contributed by atoms with Gasteiger partial charge < -0.3 is 10.1 Å². The number of hydrogen-bond donors (Lipinski definition) is 1. The van der Waals surface area contributed by atoms with Crippen molar-refractivity contribution in [3.05, 3.63) is 114 Å². The monoisotopic (exact) mass is 435 g/mol. The highest BCUT2D eigenvalue weighted by Crippen LogP contribution is 2.32. The molecule has 0 saturated heterocycles. The van der Waals surface area contributed by atoms with Crippen LogP contribution in [0.2, 0.25) is 0 Å². The Bertz CT molecular complexity index is 1140. The van der Waals surface area contributed by atoms with Gasteiger partial charge in [-0.1, -0.05) is 66.7 Å². The summed E-state index contributed by atoms with van der Waals surface area (Å²) in [6.07, 6.45) is -3.98. The van der Waals surface area contributed by atoms with E-state index in [9.17, 15) is 13.2 Å². The summed E-state index contributed by atoms with van der Waals surface area (Å²) in [5, 5.41) is 5.66. The Hall–Kier alpha value is -3.31. The van der Waals surface area contributed by atoms with Crippen LogP contribution in [0.5, 0.6) is 5.75 Å². The molecule has 4 aromatic carbocycles. The smallest absolute Gasteiger partial charge is 0.416 e. The Labute approximate surface area is 185 Å². The molecule has 0 radical (unpaired) electrons. The first-order chi connectivity index (χ1) is 15.5. The molecule has 0 aromatic heterocycles. The standard InChI is InChI=1S/C27H24F3NO/c28-27(29,30)24-12-14-25(15-13-24)32-26(16-17-31-19-20-6-2-1-3-7-20)23-11-10-21-8-4-5-9-22(21)18-23/h1-15,18,26,31H,16-17,19H2. The van der Waals surface area contributed by atoms with Crippen LogP contribution in [-0.4, -0.2) is 6.54 Å². The summed E-state index contributed by atoms with van der Waals surface area (Å²) in [7, 11) is 0. The third-order valence-corrected chi connectivity index (χ3v) is 5.36. The molecule has 164 valence electrons. The van der Waals surface area contributed by atoms with Crippen LogP contribution in [0.15, 0.2) is 97.1 Å². The third kappa shape index (κ3) is 5.68. The molecular formula is C27H24F3NO. The van der Waals surface area contributed by atoms with Crippen LogP contribution in [-0.2, 0) is 12.7 Å². The average molecular weight is 435 g/mol. The lowest BCUT2D eigenvalue weighted by Gasteiger charge is -2.21. The summed E-state index contributed by atoms with van der Waals surface area (Å²) >= 11 is 0. The van der Waals surface area contributed by atoms with Crippen molar-refractivity contribution in [1.29, 1.82) is 0 Å². The van der Waals surface area contributed by atoms with Crippen molar-refractivity contribution in [2.24, 2.45) is 0 Å². The van der Waals surface area contributed by atoms with E-state index >= 15 is 0 Å². The van der Waals surface area contributed by atoms with Gasteiger partial charge in [0.25, 0.3) is 0 Å². The fourth-order valence-corrected chi connectivity index (χ4v) is 3.65. The third-order valence-electron chi connectivity index (χ3n) is 5.36. The largest absolute Gasteiger partial charge is 0.486 e. The fourth-order valence-electron chi connectivity index (χ4n) is 3.65. The average Bonchev–Trinajstić information content (AvgIpc) is 2.81. The van der Waals surface area contributed by atoms with Crippen LogP contribution in [0.25, 0.3) is 10.8 Å². The molecule has 0 saturated carbocycles. The number of benzene rings is 4. The Kier molecular flexibility index (Phi) is 6.76. The predicted molar refractivity (Wildman–Crippen MR) is 122 cm³/mol. The van der Waals surface area contributed by atoms with E-state index in [0.29, 0.717) is 18.7 Å². The number of rotatable bonds is 8.